The molecule has 0 aromatic heterocycles. The van der Waals surface area contributed by atoms with Crippen molar-refractivity contribution in [3.05, 3.63) is 36.5 Å². The molecule has 2 bridgehead atoms. The van der Waals surface area contributed by atoms with Gasteiger partial charge in [-0.25, -0.2) is 0 Å². The second kappa shape index (κ2) is 16.0. The number of aliphatic hydroxyl groups is 2. The first-order valence-corrected chi connectivity index (χ1v) is 23.3. The number of hydrogen-bond acceptors (Lipinski definition) is 12. The van der Waals surface area contributed by atoms with E-state index in [9.17, 15) is 15.0 Å². The molecule has 13 heteroatoms. The number of carboxylic acid groups (broad SMARTS) is 1. The summed E-state index contributed by atoms with van der Waals surface area (Å²) < 4.78 is 54.1. The number of ether oxygens (including phenoxy) is 8. The van der Waals surface area contributed by atoms with Crippen LogP contribution >= 0.6 is 0 Å². The lowest BCUT2D eigenvalue weighted by Gasteiger charge is -2.53. The Morgan fingerprint density at radius 2 is 1.67 bits per heavy atom. The molecule has 0 aromatic carbocycles. The fourth-order valence-corrected chi connectivity index (χ4v) is 12.8. The maximum atomic E-state index is 12.4. The Balaban J connectivity index is 0.846. The average Bonchev–Trinajstić information content (AvgIpc) is 3.87. The Hall–Kier alpha value is -1.75. The molecule has 3 spiro atoms. The number of fused-ring (bicyclic) bond motifs is 5. The maximum Gasteiger partial charge on any atom is 0.303 e. The Morgan fingerprint density at radius 1 is 0.867 bits per heavy atom. The molecule has 336 valence electrons. The normalized spacial score (nSPS) is 52.9. The highest BCUT2D eigenvalue weighted by molar-refractivity contribution is 5.66. The summed E-state index contributed by atoms with van der Waals surface area (Å²) in [7, 11) is 0. The van der Waals surface area contributed by atoms with E-state index < -0.39 is 53.2 Å². The molecule has 0 unspecified atom stereocenters. The minimum atomic E-state index is -1.88. The summed E-state index contributed by atoms with van der Waals surface area (Å²) in [4.78, 5) is 11.0. The minimum Gasteiger partial charge on any atom is -0.481 e. The summed E-state index contributed by atoms with van der Waals surface area (Å²) in [6.45, 7) is 18.5. The van der Waals surface area contributed by atoms with Crippen LogP contribution < -0.4 is 5.32 Å². The van der Waals surface area contributed by atoms with Gasteiger partial charge in [0, 0.05) is 63.3 Å². The number of carboxylic acids is 1. The van der Waals surface area contributed by atoms with Crippen LogP contribution in [0.2, 0.25) is 0 Å². The van der Waals surface area contributed by atoms with E-state index in [0.29, 0.717) is 69.1 Å². The van der Waals surface area contributed by atoms with E-state index in [-0.39, 0.29) is 60.8 Å². The van der Waals surface area contributed by atoms with Gasteiger partial charge in [-0.15, -0.1) is 0 Å². The van der Waals surface area contributed by atoms with Crippen molar-refractivity contribution in [1.82, 2.24) is 5.32 Å². The van der Waals surface area contributed by atoms with Gasteiger partial charge in [-0.3, -0.25) is 10.1 Å². The molecule has 4 N–H and O–H groups in total. The quantitative estimate of drug-likeness (QED) is 0.193. The molecule has 13 nitrogen and oxygen atoms in total. The molecule has 20 atom stereocenters. The van der Waals surface area contributed by atoms with Crippen LogP contribution in [0.3, 0.4) is 0 Å². The second-order valence-corrected chi connectivity index (χ2v) is 20.9. The van der Waals surface area contributed by atoms with Crippen molar-refractivity contribution in [3.63, 3.8) is 0 Å². The molecule has 9 aliphatic heterocycles. The summed E-state index contributed by atoms with van der Waals surface area (Å²) in [6.07, 6.45) is 12.2. The van der Waals surface area contributed by atoms with Gasteiger partial charge in [0.1, 0.15) is 17.9 Å². The first kappa shape index (κ1) is 43.5. The highest BCUT2D eigenvalue weighted by atomic mass is 16.8. The van der Waals surface area contributed by atoms with Gasteiger partial charge in [-0.2, -0.15) is 0 Å². The molecule has 8 fully saturated rings. The lowest BCUT2D eigenvalue weighted by atomic mass is 9.76. The molecule has 9 heterocycles. The molecule has 9 aliphatic rings. The van der Waals surface area contributed by atoms with Gasteiger partial charge in [-0.05, 0) is 73.8 Å². The van der Waals surface area contributed by atoms with Crippen molar-refractivity contribution in [2.24, 2.45) is 35.5 Å². The third-order valence-electron chi connectivity index (χ3n) is 15.9. The van der Waals surface area contributed by atoms with E-state index in [1.807, 2.05) is 25.2 Å². The van der Waals surface area contributed by atoms with Crippen LogP contribution in [0.25, 0.3) is 0 Å². The number of hydrogen-bond donors (Lipinski definition) is 4. The number of aliphatic carboxylic acids is 1. The predicted octanol–water partition coefficient (Wildman–Crippen LogP) is 6.26. The standard InChI is InChI=1S/C47H71NO12/c1-26-18-36-41-38(24-45(58-41)30(5)17-27(2)25-48-45)56-44(22-26,55-36)23-29(4)40-28(3)19-32(7)47(52,59-40)42(51)37-21-35-34(53-37)20-31(6)46(57-35)16-15-43(60-46)14-10-12-33(54-43)11-8-9-13-39(49)50/h8,10-11,14,26-28,30-38,40-42,48,51-52H,4,9,12-13,15-25H2,1-3,5-7H3,(H,49,50)/b11-8+/t26-,27+,28-,30-,31-,32+,33+,34-,35-,36+,37+,38+,40-,41+,42-,43-,44-,45-,46-,47+/m0/s1. The number of nitrogens with one attached hydrogen (secondary N) is 1. The highest BCUT2D eigenvalue weighted by Crippen LogP contribution is 2.55. The molecule has 0 aliphatic carbocycles. The zero-order valence-corrected chi connectivity index (χ0v) is 36.6. The second-order valence-electron chi connectivity index (χ2n) is 20.9. The summed E-state index contributed by atoms with van der Waals surface area (Å²) in [5.74, 6) is -4.41. The third-order valence-corrected chi connectivity index (χ3v) is 15.9. The van der Waals surface area contributed by atoms with Crippen molar-refractivity contribution in [3.8, 4) is 0 Å². The van der Waals surface area contributed by atoms with Crippen LogP contribution in [-0.2, 0) is 42.7 Å². The van der Waals surface area contributed by atoms with E-state index in [1.165, 1.54) is 0 Å². The van der Waals surface area contributed by atoms with Crippen molar-refractivity contribution >= 4 is 5.97 Å². The van der Waals surface area contributed by atoms with E-state index >= 15 is 0 Å². The number of allylic oxidation sites excluding steroid dienone is 1. The van der Waals surface area contributed by atoms with Crippen LogP contribution in [0.15, 0.2) is 36.5 Å². The third kappa shape index (κ3) is 7.81. The zero-order chi connectivity index (χ0) is 42.4. The molecular weight excluding hydrogens is 771 g/mol. The maximum absolute atomic E-state index is 12.4. The van der Waals surface area contributed by atoms with E-state index in [2.05, 4.69) is 52.6 Å². The van der Waals surface area contributed by atoms with Crippen molar-refractivity contribution in [2.45, 2.75) is 209 Å². The average molecular weight is 842 g/mol. The van der Waals surface area contributed by atoms with Crippen LogP contribution in [-0.4, -0.2) is 112 Å². The number of rotatable bonds is 9. The molecule has 0 radical (unpaired) electrons. The first-order chi connectivity index (χ1) is 28.4. The minimum absolute atomic E-state index is 0.0210. The van der Waals surface area contributed by atoms with Gasteiger partial charge in [0.15, 0.2) is 23.1 Å². The Kier molecular flexibility index (Phi) is 11.6. The topological polar surface area (TPSA) is 164 Å². The van der Waals surface area contributed by atoms with E-state index in [4.69, 9.17) is 43.0 Å². The molecule has 8 saturated heterocycles. The van der Waals surface area contributed by atoms with Gasteiger partial charge < -0.3 is 53.2 Å². The molecule has 0 aromatic rings. The number of carbonyl (C=O) groups is 1. The molecule has 0 saturated carbocycles. The van der Waals surface area contributed by atoms with Gasteiger partial charge >= 0.3 is 5.97 Å². The summed E-state index contributed by atoms with van der Waals surface area (Å²) in [6, 6.07) is 0. The monoisotopic (exact) mass is 841 g/mol. The summed E-state index contributed by atoms with van der Waals surface area (Å²) >= 11 is 0. The van der Waals surface area contributed by atoms with Crippen LogP contribution in [0.1, 0.15) is 125 Å². The largest absolute Gasteiger partial charge is 0.481 e. The molecular formula is C47H71NO12. The van der Waals surface area contributed by atoms with Crippen molar-refractivity contribution in [2.75, 3.05) is 6.54 Å². The van der Waals surface area contributed by atoms with Gasteiger partial charge in [-0.1, -0.05) is 66.3 Å². The van der Waals surface area contributed by atoms with E-state index in [0.717, 1.165) is 37.8 Å². The van der Waals surface area contributed by atoms with Crippen molar-refractivity contribution in [1.29, 1.82) is 0 Å². The van der Waals surface area contributed by atoms with E-state index in [1.54, 1.807) is 0 Å². The highest BCUT2D eigenvalue weighted by Gasteiger charge is 2.64. The molecule has 0 amide bonds. The summed E-state index contributed by atoms with van der Waals surface area (Å²) in [5.41, 5.74) is 0.390. The van der Waals surface area contributed by atoms with Crippen LogP contribution in [0.5, 0.6) is 0 Å². The Bertz CT molecular complexity index is 1690. The van der Waals surface area contributed by atoms with Crippen molar-refractivity contribution < 1.29 is 58.0 Å². The van der Waals surface area contributed by atoms with Gasteiger partial charge in [0.25, 0.3) is 0 Å². The number of piperidine rings is 1. The lowest BCUT2D eigenvalue weighted by molar-refractivity contribution is -0.367. The van der Waals surface area contributed by atoms with Crippen LogP contribution in [0, 0.1) is 35.5 Å². The zero-order valence-electron chi connectivity index (χ0n) is 36.6. The smallest absolute Gasteiger partial charge is 0.303 e. The predicted molar refractivity (Wildman–Crippen MR) is 219 cm³/mol. The van der Waals surface area contributed by atoms with Crippen LogP contribution in [0.4, 0.5) is 0 Å². The molecule has 60 heavy (non-hydrogen) atoms. The Labute approximate surface area is 355 Å². The summed E-state index contributed by atoms with van der Waals surface area (Å²) in [5, 5.41) is 37.3. The van der Waals surface area contributed by atoms with Gasteiger partial charge in [0.05, 0.1) is 42.7 Å². The van der Waals surface area contributed by atoms with Gasteiger partial charge in [0.2, 0.25) is 0 Å². The fraction of sp³-hybridized carbons (Fsp3) is 0.851. The Morgan fingerprint density at radius 3 is 2.45 bits per heavy atom. The number of aliphatic hydroxyl groups excluding tert-OH is 1. The SMILES string of the molecule is C=C(C[C@@]12C[C@@H](C)C[C@@H](O1)[C@H]1O[C@]3(C[C@H]1O2)NC[C@H](C)C[C@@H]3C)[C@H]1O[C@@](O)([C@@H](O)[C@H]2C[C@@H]3O[C@]4(CC[C@]5(C=CC[C@@H](/C=C/CCC(=O)O)O5)O4)[C@@H](C)C[C@@H]3O2)[C@H](C)C[C@@H]1C. The lowest BCUT2D eigenvalue weighted by Crippen LogP contribution is -2.62. The molecule has 9 rings (SSSR count). The fourth-order valence-electron chi connectivity index (χ4n) is 12.8. The first-order valence-electron chi connectivity index (χ1n) is 23.3.